The molecule has 0 aromatic heterocycles. The highest BCUT2D eigenvalue weighted by Gasteiger charge is 2.30. The van der Waals surface area contributed by atoms with E-state index >= 15 is 0 Å². The van der Waals surface area contributed by atoms with Crippen molar-refractivity contribution in [1.29, 1.82) is 0 Å². The number of morpholine rings is 1. The number of ether oxygens (including phenoxy) is 4. The second-order valence-electron chi connectivity index (χ2n) is 12.1. The molecular formula is C31H57Cl2N3O6. The lowest BCUT2D eigenvalue weighted by atomic mass is 9.82. The average Bonchev–Trinajstić information content (AvgIpc) is 2.94. The third-order valence-electron chi connectivity index (χ3n) is 8.09. The van der Waals surface area contributed by atoms with Crippen molar-refractivity contribution < 1.29 is 28.8 Å². The summed E-state index contributed by atoms with van der Waals surface area (Å²) in [7, 11) is 3.32. The van der Waals surface area contributed by atoms with Gasteiger partial charge in [0.05, 0.1) is 33.0 Å². The van der Waals surface area contributed by atoms with Gasteiger partial charge in [-0.1, -0.05) is 26.8 Å². The highest BCUT2D eigenvalue weighted by molar-refractivity contribution is 5.85. The maximum atomic E-state index is 12.9. The van der Waals surface area contributed by atoms with Crippen LogP contribution in [0.2, 0.25) is 0 Å². The molecule has 0 radical (unpaired) electrons. The number of carbonyl (C=O) groups excluding carboxylic acids is 1. The van der Waals surface area contributed by atoms with Crippen LogP contribution in [0.25, 0.3) is 0 Å². The van der Waals surface area contributed by atoms with Gasteiger partial charge in [-0.05, 0) is 62.6 Å². The van der Waals surface area contributed by atoms with Crippen molar-refractivity contribution in [3.63, 3.8) is 0 Å². The number of rotatable bonds is 18. The molecule has 246 valence electrons. The minimum atomic E-state index is -0.759. The highest BCUT2D eigenvalue weighted by Crippen LogP contribution is 2.31. The Bertz CT molecular complexity index is 886. The smallest absolute Gasteiger partial charge is 0.222 e. The fourth-order valence-corrected chi connectivity index (χ4v) is 5.15. The number of hydrogen-bond donors (Lipinski definition) is 3. The molecule has 4 N–H and O–H groups in total. The lowest BCUT2D eigenvalue weighted by Gasteiger charge is -2.41. The number of nitrogens with two attached hydrogens (primary N) is 1. The average molecular weight is 639 g/mol. The molecule has 1 aromatic carbocycles. The second-order valence-corrected chi connectivity index (χ2v) is 12.1. The molecule has 1 aliphatic heterocycles. The standard InChI is InChI=1S/C31H55N3O6.2ClH/c1-22(2)25(18-24-9-10-28(38-7)29(19-24)40-14-8-13-37-6)20-26(32)27(35)17-23(3)30(36)33-21-31(4,5)34-11-15-39-16-12-34;;/h9-10,19,22-23,25-27,35H,8,11-18,20-21,32H2,1-7H3,(H,33,36);2*1H. The quantitative estimate of drug-likeness (QED) is 0.206. The number of methoxy groups -OCH3 is 2. The van der Waals surface area contributed by atoms with Crippen molar-refractivity contribution in [3.8, 4) is 11.5 Å². The molecule has 1 fully saturated rings. The summed E-state index contributed by atoms with van der Waals surface area (Å²) in [5.74, 6) is 1.67. The predicted octanol–water partition coefficient (Wildman–Crippen LogP) is 4.10. The van der Waals surface area contributed by atoms with Crippen molar-refractivity contribution in [2.24, 2.45) is 23.5 Å². The highest BCUT2D eigenvalue weighted by atomic mass is 35.5. The van der Waals surface area contributed by atoms with Crippen LogP contribution in [0.3, 0.4) is 0 Å². The van der Waals surface area contributed by atoms with E-state index in [4.69, 9.17) is 24.7 Å². The maximum absolute atomic E-state index is 12.9. The summed E-state index contributed by atoms with van der Waals surface area (Å²) in [6.45, 7) is 15.4. The van der Waals surface area contributed by atoms with Crippen molar-refractivity contribution in [3.05, 3.63) is 23.8 Å². The Balaban J connectivity index is 0.00000840. The Kier molecular flexibility index (Phi) is 19.9. The number of nitrogens with zero attached hydrogens (tertiary/aromatic N) is 1. The Labute approximate surface area is 266 Å². The molecular weight excluding hydrogens is 581 g/mol. The molecule has 11 heteroatoms. The van der Waals surface area contributed by atoms with Crippen LogP contribution in [-0.4, -0.2) is 93.9 Å². The number of halogens is 2. The molecule has 42 heavy (non-hydrogen) atoms. The number of nitrogens with one attached hydrogen (secondary N) is 1. The summed E-state index contributed by atoms with van der Waals surface area (Å²) in [4.78, 5) is 15.2. The number of hydrogen-bond acceptors (Lipinski definition) is 8. The van der Waals surface area contributed by atoms with E-state index in [1.165, 1.54) is 0 Å². The third-order valence-corrected chi connectivity index (χ3v) is 8.09. The molecule has 4 atom stereocenters. The lowest BCUT2D eigenvalue weighted by molar-refractivity contribution is -0.126. The summed E-state index contributed by atoms with van der Waals surface area (Å²) in [6, 6.07) is 5.61. The van der Waals surface area contributed by atoms with Crippen LogP contribution < -0.4 is 20.5 Å². The van der Waals surface area contributed by atoms with Gasteiger partial charge in [0.2, 0.25) is 5.91 Å². The first-order chi connectivity index (χ1) is 19.0. The summed E-state index contributed by atoms with van der Waals surface area (Å²) < 4.78 is 22.0. The fraction of sp³-hybridized carbons (Fsp3) is 0.774. The number of aliphatic hydroxyl groups is 1. The topological polar surface area (TPSA) is 116 Å². The molecule has 4 unspecified atom stereocenters. The normalized spacial score (nSPS) is 16.9. The molecule has 1 amide bonds. The summed E-state index contributed by atoms with van der Waals surface area (Å²) in [6.07, 6.45) is 1.84. The summed E-state index contributed by atoms with van der Waals surface area (Å²) in [5, 5.41) is 14.0. The third kappa shape index (κ3) is 13.5. The molecule has 0 bridgehead atoms. The van der Waals surface area contributed by atoms with Gasteiger partial charge >= 0.3 is 0 Å². The largest absolute Gasteiger partial charge is 0.493 e. The van der Waals surface area contributed by atoms with E-state index in [2.05, 4.69) is 44.0 Å². The first-order valence-corrected chi connectivity index (χ1v) is 14.8. The van der Waals surface area contributed by atoms with E-state index in [1.807, 2.05) is 19.1 Å². The van der Waals surface area contributed by atoms with E-state index in [-0.39, 0.29) is 48.1 Å². The van der Waals surface area contributed by atoms with Crippen molar-refractivity contribution in [2.75, 3.05) is 60.3 Å². The number of aliphatic hydroxyl groups excluding tert-OH is 1. The van der Waals surface area contributed by atoms with E-state index in [9.17, 15) is 9.90 Å². The van der Waals surface area contributed by atoms with Crippen molar-refractivity contribution in [1.82, 2.24) is 10.2 Å². The second kappa shape index (κ2) is 20.6. The maximum Gasteiger partial charge on any atom is 0.222 e. The number of carbonyl (C=O) groups is 1. The zero-order valence-corrected chi connectivity index (χ0v) is 28.4. The van der Waals surface area contributed by atoms with Crippen LogP contribution in [-0.2, 0) is 20.7 Å². The van der Waals surface area contributed by atoms with Gasteiger partial charge in [-0.15, -0.1) is 24.8 Å². The number of benzene rings is 1. The SMILES string of the molecule is COCCCOc1cc(CC(CC(N)C(O)CC(C)C(=O)NCC(C)(C)N2CCOCC2)C(C)C)ccc1OC.Cl.Cl. The molecule has 9 nitrogen and oxygen atoms in total. The van der Waals surface area contributed by atoms with Crippen molar-refractivity contribution in [2.45, 2.75) is 78.0 Å². The molecule has 1 saturated heterocycles. The minimum absolute atomic E-state index is 0. The summed E-state index contributed by atoms with van der Waals surface area (Å²) >= 11 is 0. The van der Waals surface area contributed by atoms with Crippen LogP contribution in [0, 0.1) is 17.8 Å². The van der Waals surface area contributed by atoms with E-state index < -0.39 is 12.1 Å². The van der Waals surface area contributed by atoms with E-state index in [0.29, 0.717) is 44.3 Å². The van der Waals surface area contributed by atoms with Crippen LogP contribution in [0.1, 0.15) is 59.4 Å². The molecule has 0 spiro atoms. The Morgan fingerprint density at radius 1 is 1.10 bits per heavy atom. The Morgan fingerprint density at radius 3 is 2.36 bits per heavy atom. The van der Waals surface area contributed by atoms with Crippen molar-refractivity contribution >= 4 is 30.7 Å². The number of amides is 1. The molecule has 2 rings (SSSR count). The first kappa shape index (κ1) is 40.7. The zero-order valence-electron chi connectivity index (χ0n) is 26.7. The Hall–Kier alpha value is -1.33. The molecule has 0 saturated carbocycles. The monoisotopic (exact) mass is 637 g/mol. The minimum Gasteiger partial charge on any atom is -0.493 e. The van der Waals surface area contributed by atoms with Crippen LogP contribution >= 0.6 is 24.8 Å². The molecule has 1 aromatic rings. The Morgan fingerprint density at radius 2 is 1.76 bits per heavy atom. The van der Waals surface area contributed by atoms with Gasteiger partial charge in [0.25, 0.3) is 0 Å². The van der Waals surface area contributed by atoms with E-state index in [0.717, 1.165) is 50.5 Å². The zero-order chi connectivity index (χ0) is 29.7. The lowest BCUT2D eigenvalue weighted by Crippen LogP contribution is -2.55. The fourth-order valence-electron chi connectivity index (χ4n) is 5.15. The molecule has 1 aliphatic rings. The predicted molar refractivity (Wildman–Crippen MR) is 173 cm³/mol. The molecule has 1 heterocycles. The van der Waals surface area contributed by atoms with Gasteiger partial charge in [-0.3, -0.25) is 9.69 Å². The van der Waals surface area contributed by atoms with Gasteiger partial charge in [0, 0.05) is 57.3 Å². The first-order valence-electron chi connectivity index (χ1n) is 14.8. The van der Waals surface area contributed by atoms with E-state index in [1.54, 1.807) is 14.2 Å². The van der Waals surface area contributed by atoms with Crippen LogP contribution in [0.4, 0.5) is 0 Å². The van der Waals surface area contributed by atoms with Crippen LogP contribution in [0.15, 0.2) is 18.2 Å². The van der Waals surface area contributed by atoms with Gasteiger partial charge in [0.15, 0.2) is 11.5 Å². The van der Waals surface area contributed by atoms with Gasteiger partial charge in [0.1, 0.15) is 0 Å². The van der Waals surface area contributed by atoms with Gasteiger partial charge in [-0.25, -0.2) is 0 Å². The van der Waals surface area contributed by atoms with Crippen LogP contribution in [0.5, 0.6) is 11.5 Å². The van der Waals surface area contributed by atoms with Gasteiger partial charge in [-0.2, -0.15) is 0 Å². The van der Waals surface area contributed by atoms with Gasteiger partial charge < -0.3 is 35.1 Å². The molecule has 0 aliphatic carbocycles. The summed E-state index contributed by atoms with van der Waals surface area (Å²) in [5.41, 5.74) is 7.49.